The standard InChI is InChI=1S/C20H20F2N4OS/c1-2-3-6-26-11-16(7-15-9-23-13-24-10-15)19(27)25-20(26)28-12-14-4-5-17(21)18(22)8-14/h4-5,8-11,13H,2-3,6-7,12H2,1H3. The molecule has 0 saturated heterocycles. The Kier molecular flexibility index (Phi) is 6.86. The average Bonchev–Trinajstić information content (AvgIpc) is 2.70. The van der Waals surface area contributed by atoms with Crippen molar-refractivity contribution in [3.63, 3.8) is 0 Å². The molecule has 0 amide bonds. The van der Waals surface area contributed by atoms with Crippen LogP contribution in [0, 0.1) is 11.6 Å². The summed E-state index contributed by atoms with van der Waals surface area (Å²) in [6.07, 6.45) is 8.97. The van der Waals surface area contributed by atoms with Crippen molar-refractivity contribution in [1.29, 1.82) is 0 Å². The molecule has 8 heteroatoms. The van der Waals surface area contributed by atoms with E-state index in [2.05, 4.69) is 21.9 Å². The first-order chi connectivity index (χ1) is 13.6. The molecule has 5 nitrogen and oxygen atoms in total. The van der Waals surface area contributed by atoms with Crippen LogP contribution in [0.2, 0.25) is 0 Å². The Labute approximate surface area is 165 Å². The molecule has 2 heterocycles. The smallest absolute Gasteiger partial charge is 0.277 e. The second kappa shape index (κ2) is 9.54. The lowest BCUT2D eigenvalue weighted by atomic mass is 10.1. The van der Waals surface area contributed by atoms with E-state index in [1.54, 1.807) is 12.4 Å². The van der Waals surface area contributed by atoms with E-state index < -0.39 is 11.6 Å². The normalized spacial score (nSPS) is 11.0. The quantitative estimate of drug-likeness (QED) is 0.421. The maximum atomic E-state index is 13.4. The van der Waals surface area contributed by atoms with Crippen LogP contribution in [-0.4, -0.2) is 19.5 Å². The second-order valence-corrected chi connectivity index (χ2v) is 7.30. The Morgan fingerprint density at radius 2 is 1.89 bits per heavy atom. The monoisotopic (exact) mass is 402 g/mol. The van der Waals surface area contributed by atoms with Gasteiger partial charge in [-0.2, -0.15) is 4.98 Å². The Balaban J connectivity index is 1.83. The fraction of sp³-hybridized carbons (Fsp3) is 0.300. The number of halogens is 2. The van der Waals surface area contributed by atoms with Crippen molar-refractivity contribution < 1.29 is 8.78 Å². The van der Waals surface area contributed by atoms with Gasteiger partial charge in [-0.05, 0) is 29.7 Å². The molecule has 2 aromatic heterocycles. The van der Waals surface area contributed by atoms with Crippen molar-refractivity contribution in [2.45, 2.75) is 43.6 Å². The lowest BCUT2D eigenvalue weighted by molar-refractivity contribution is 0.507. The molecule has 0 unspecified atom stereocenters. The predicted molar refractivity (Wildman–Crippen MR) is 104 cm³/mol. The highest BCUT2D eigenvalue weighted by Gasteiger charge is 2.11. The largest absolute Gasteiger partial charge is 0.327 e. The van der Waals surface area contributed by atoms with Gasteiger partial charge in [-0.3, -0.25) is 4.79 Å². The van der Waals surface area contributed by atoms with Crippen LogP contribution < -0.4 is 5.56 Å². The van der Waals surface area contributed by atoms with E-state index in [0.29, 0.717) is 28.5 Å². The van der Waals surface area contributed by atoms with Crippen molar-refractivity contribution in [3.8, 4) is 0 Å². The van der Waals surface area contributed by atoms with Gasteiger partial charge in [-0.25, -0.2) is 18.7 Å². The van der Waals surface area contributed by atoms with E-state index in [0.717, 1.165) is 31.0 Å². The molecule has 28 heavy (non-hydrogen) atoms. The molecule has 0 bridgehead atoms. The Morgan fingerprint density at radius 1 is 1.11 bits per heavy atom. The summed E-state index contributed by atoms with van der Waals surface area (Å²) in [5.74, 6) is -1.36. The van der Waals surface area contributed by atoms with Crippen LogP contribution in [0.25, 0.3) is 0 Å². The van der Waals surface area contributed by atoms with E-state index in [1.165, 1.54) is 30.2 Å². The van der Waals surface area contributed by atoms with Crippen molar-refractivity contribution in [2.75, 3.05) is 0 Å². The number of aromatic nitrogens is 4. The lowest BCUT2D eigenvalue weighted by Crippen LogP contribution is -2.20. The fourth-order valence-electron chi connectivity index (χ4n) is 2.67. The number of unbranched alkanes of at least 4 members (excludes halogenated alkanes) is 1. The molecule has 0 aliphatic rings. The van der Waals surface area contributed by atoms with Crippen LogP contribution in [0.15, 0.2) is 53.1 Å². The van der Waals surface area contributed by atoms with Gasteiger partial charge in [0, 0.05) is 42.9 Å². The average molecular weight is 402 g/mol. The SMILES string of the molecule is CCCCn1cc(Cc2cncnc2)c(=O)nc1SCc1ccc(F)c(F)c1. The van der Waals surface area contributed by atoms with Gasteiger partial charge in [-0.15, -0.1) is 0 Å². The number of aryl methyl sites for hydroxylation is 1. The third-order valence-electron chi connectivity index (χ3n) is 4.14. The minimum absolute atomic E-state index is 0.301. The summed E-state index contributed by atoms with van der Waals surface area (Å²) in [5, 5.41) is 0.566. The summed E-state index contributed by atoms with van der Waals surface area (Å²) in [6, 6.07) is 3.80. The second-order valence-electron chi connectivity index (χ2n) is 6.36. The Bertz CT molecular complexity index is 995. The van der Waals surface area contributed by atoms with Crippen LogP contribution in [-0.2, 0) is 18.7 Å². The Morgan fingerprint density at radius 3 is 2.61 bits per heavy atom. The van der Waals surface area contributed by atoms with Gasteiger partial charge in [0.05, 0.1) is 0 Å². The van der Waals surface area contributed by atoms with Crippen LogP contribution in [0.4, 0.5) is 8.78 Å². The summed E-state index contributed by atoms with van der Waals surface area (Å²) in [7, 11) is 0. The molecule has 3 aromatic rings. The molecule has 0 N–H and O–H groups in total. The first kappa shape index (κ1) is 20.1. The van der Waals surface area contributed by atoms with Crippen LogP contribution >= 0.6 is 11.8 Å². The van der Waals surface area contributed by atoms with Gasteiger partial charge in [0.15, 0.2) is 16.8 Å². The minimum atomic E-state index is -0.880. The Hall–Kier alpha value is -2.61. The lowest BCUT2D eigenvalue weighted by Gasteiger charge is -2.13. The molecule has 0 saturated carbocycles. The molecular formula is C20H20F2N4OS. The summed E-state index contributed by atoms with van der Waals surface area (Å²) < 4.78 is 28.5. The molecule has 146 valence electrons. The molecule has 0 aliphatic carbocycles. The van der Waals surface area contributed by atoms with E-state index in [4.69, 9.17) is 0 Å². The highest BCUT2D eigenvalue weighted by atomic mass is 32.2. The first-order valence-corrected chi connectivity index (χ1v) is 9.96. The zero-order chi connectivity index (χ0) is 19.9. The van der Waals surface area contributed by atoms with E-state index in [-0.39, 0.29) is 5.56 Å². The molecule has 0 fully saturated rings. The number of hydrogen-bond donors (Lipinski definition) is 0. The van der Waals surface area contributed by atoms with Gasteiger partial charge in [0.2, 0.25) is 0 Å². The van der Waals surface area contributed by atoms with Crippen molar-refractivity contribution in [3.05, 3.63) is 81.8 Å². The fourth-order valence-corrected chi connectivity index (χ4v) is 3.60. The van der Waals surface area contributed by atoms with Crippen LogP contribution in [0.5, 0.6) is 0 Å². The number of benzene rings is 1. The molecule has 0 spiro atoms. The van der Waals surface area contributed by atoms with E-state index in [9.17, 15) is 13.6 Å². The van der Waals surface area contributed by atoms with Crippen molar-refractivity contribution in [2.24, 2.45) is 0 Å². The summed E-state index contributed by atoms with van der Waals surface area (Å²) in [4.78, 5) is 24.7. The summed E-state index contributed by atoms with van der Waals surface area (Å²) in [5.41, 5.74) is 1.74. The van der Waals surface area contributed by atoms with Gasteiger partial charge in [0.25, 0.3) is 5.56 Å². The maximum Gasteiger partial charge on any atom is 0.277 e. The van der Waals surface area contributed by atoms with Gasteiger partial charge in [0.1, 0.15) is 6.33 Å². The van der Waals surface area contributed by atoms with E-state index in [1.807, 2.05) is 10.8 Å². The topological polar surface area (TPSA) is 60.7 Å². The zero-order valence-electron chi connectivity index (χ0n) is 15.4. The number of thioether (sulfide) groups is 1. The highest BCUT2D eigenvalue weighted by molar-refractivity contribution is 7.98. The maximum absolute atomic E-state index is 13.4. The number of rotatable bonds is 8. The van der Waals surface area contributed by atoms with Gasteiger partial charge >= 0.3 is 0 Å². The molecular weight excluding hydrogens is 382 g/mol. The molecule has 1 aromatic carbocycles. The number of hydrogen-bond acceptors (Lipinski definition) is 5. The van der Waals surface area contributed by atoms with Gasteiger partial charge < -0.3 is 4.57 Å². The zero-order valence-corrected chi connectivity index (χ0v) is 16.3. The molecule has 0 aliphatic heterocycles. The van der Waals surface area contributed by atoms with E-state index >= 15 is 0 Å². The number of nitrogens with zero attached hydrogens (tertiary/aromatic N) is 4. The third-order valence-corrected chi connectivity index (χ3v) is 5.20. The highest BCUT2D eigenvalue weighted by Crippen LogP contribution is 2.22. The van der Waals surface area contributed by atoms with Crippen LogP contribution in [0.3, 0.4) is 0 Å². The van der Waals surface area contributed by atoms with Crippen molar-refractivity contribution >= 4 is 11.8 Å². The molecule has 0 radical (unpaired) electrons. The minimum Gasteiger partial charge on any atom is -0.327 e. The van der Waals surface area contributed by atoms with Crippen molar-refractivity contribution in [1.82, 2.24) is 19.5 Å². The third kappa shape index (κ3) is 5.22. The first-order valence-electron chi connectivity index (χ1n) is 8.97. The molecule has 0 atom stereocenters. The van der Waals surface area contributed by atoms with Crippen LogP contribution in [0.1, 0.15) is 36.5 Å². The molecule has 3 rings (SSSR count). The summed E-state index contributed by atoms with van der Waals surface area (Å²) in [6.45, 7) is 2.81. The van der Waals surface area contributed by atoms with Gasteiger partial charge in [-0.1, -0.05) is 31.2 Å². The predicted octanol–water partition coefficient (Wildman–Crippen LogP) is 3.99. The summed E-state index contributed by atoms with van der Waals surface area (Å²) >= 11 is 1.33.